The smallest absolute Gasteiger partial charge is 0.257 e. The van der Waals surface area contributed by atoms with Gasteiger partial charge in [-0.1, -0.05) is 0 Å². The number of hydrogen-bond donors (Lipinski definition) is 1. The summed E-state index contributed by atoms with van der Waals surface area (Å²) in [6.45, 7) is 4.52. The van der Waals surface area contributed by atoms with E-state index in [4.69, 9.17) is 5.73 Å². The SMILES string of the molecule is Cc1nc(N)sc1CN1CCN(C(=O)c2ccc(F)c(F)c2F)CC1. The van der Waals surface area contributed by atoms with Gasteiger partial charge in [-0.05, 0) is 19.1 Å². The minimum absolute atomic E-state index is 0.380. The van der Waals surface area contributed by atoms with Gasteiger partial charge in [-0.3, -0.25) is 9.69 Å². The van der Waals surface area contributed by atoms with Crippen molar-refractivity contribution in [3.63, 3.8) is 0 Å². The van der Waals surface area contributed by atoms with Crippen molar-refractivity contribution in [3.8, 4) is 0 Å². The Morgan fingerprint density at radius 1 is 1.20 bits per heavy atom. The van der Waals surface area contributed by atoms with E-state index < -0.39 is 28.9 Å². The summed E-state index contributed by atoms with van der Waals surface area (Å²) >= 11 is 1.43. The van der Waals surface area contributed by atoms with Gasteiger partial charge in [-0.15, -0.1) is 11.3 Å². The molecule has 0 aliphatic carbocycles. The van der Waals surface area contributed by atoms with E-state index >= 15 is 0 Å². The Bertz CT molecular complexity index is 803. The van der Waals surface area contributed by atoms with Gasteiger partial charge in [-0.25, -0.2) is 18.2 Å². The van der Waals surface area contributed by atoms with Crippen LogP contribution in [0.15, 0.2) is 12.1 Å². The molecule has 0 unspecified atom stereocenters. The van der Waals surface area contributed by atoms with Gasteiger partial charge in [-0.2, -0.15) is 0 Å². The predicted molar refractivity (Wildman–Crippen MR) is 88.8 cm³/mol. The fourth-order valence-electron chi connectivity index (χ4n) is 2.77. The topological polar surface area (TPSA) is 62.5 Å². The molecule has 0 spiro atoms. The summed E-state index contributed by atoms with van der Waals surface area (Å²) in [5, 5.41) is 0.523. The Morgan fingerprint density at radius 2 is 1.88 bits per heavy atom. The van der Waals surface area contributed by atoms with Crippen LogP contribution in [0.3, 0.4) is 0 Å². The molecule has 1 aromatic heterocycles. The molecule has 1 amide bonds. The normalized spacial score (nSPS) is 15.6. The average molecular weight is 370 g/mol. The number of hydrogen-bond acceptors (Lipinski definition) is 5. The third kappa shape index (κ3) is 3.62. The van der Waals surface area contributed by atoms with Crippen LogP contribution in [0.2, 0.25) is 0 Å². The van der Waals surface area contributed by atoms with Crippen molar-refractivity contribution in [2.24, 2.45) is 0 Å². The van der Waals surface area contributed by atoms with E-state index in [-0.39, 0.29) is 0 Å². The molecule has 134 valence electrons. The van der Waals surface area contributed by atoms with Crippen LogP contribution in [-0.2, 0) is 6.54 Å². The van der Waals surface area contributed by atoms with E-state index in [1.54, 1.807) is 0 Å². The highest BCUT2D eigenvalue weighted by molar-refractivity contribution is 7.15. The van der Waals surface area contributed by atoms with Crippen molar-refractivity contribution in [1.82, 2.24) is 14.8 Å². The summed E-state index contributed by atoms with van der Waals surface area (Å²) in [6.07, 6.45) is 0. The molecule has 9 heteroatoms. The molecule has 5 nitrogen and oxygen atoms in total. The first kappa shape index (κ1) is 17.7. The zero-order valence-corrected chi connectivity index (χ0v) is 14.4. The van der Waals surface area contributed by atoms with Crippen molar-refractivity contribution in [1.29, 1.82) is 0 Å². The van der Waals surface area contributed by atoms with Crippen molar-refractivity contribution in [3.05, 3.63) is 45.7 Å². The van der Waals surface area contributed by atoms with Crippen LogP contribution in [0.5, 0.6) is 0 Å². The van der Waals surface area contributed by atoms with E-state index in [9.17, 15) is 18.0 Å². The van der Waals surface area contributed by atoms with Crippen LogP contribution in [-0.4, -0.2) is 46.9 Å². The lowest BCUT2D eigenvalue weighted by molar-refractivity contribution is 0.0623. The van der Waals surface area contributed by atoms with E-state index in [0.29, 0.717) is 37.9 Å². The monoisotopic (exact) mass is 370 g/mol. The van der Waals surface area contributed by atoms with Gasteiger partial charge in [0.2, 0.25) is 0 Å². The van der Waals surface area contributed by atoms with Crippen LogP contribution in [0, 0.1) is 24.4 Å². The van der Waals surface area contributed by atoms with E-state index in [2.05, 4.69) is 9.88 Å². The van der Waals surface area contributed by atoms with E-state index in [1.165, 1.54) is 16.2 Å². The first-order valence-electron chi connectivity index (χ1n) is 7.73. The van der Waals surface area contributed by atoms with Gasteiger partial charge >= 0.3 is 0 Å². The van der Waals surface area contributed by atoms with Crippen molar-refractivity contribution < 1.29 is 18.0 Å². The van der Waals surface area contributed by atoms with Gasteiger partial charge in [0.05, 0.1) is 11.3 Å². The first-order chi connectivity index (χ1) is 11.9. The number of benzene rings is 1. The van der Waals surface area contributed by atoms with Crippen LogP contribution in [0.4, 0.5) is 18.3 Å². The van der Waals surface area contributed by atoms with Crippen LogP contribution < -0.4 is 5.73 Å². The summed E-state index contributed by atoms with van der Waals surface area (Å²) < 4.78 is 40.1. The molecule has 1 aromatic carbocycles. The van der Waals surface area contributed by atoms with Crippen LogP contribution in [0.25, 0.3) is 0 Å². The molecule has 2 N–H and O–H groups in total. The van der Waals surface area contributed by atoms with Gasteiger partial charge < -0.3 is 10.6 Å². The number of thiazole rings is 1. The highest BCUT2D eigenvalue weighted by atomic mass is 32.1. The van der Waals surface area contributed by atoms with Gasteiger partial charge in [0, 0.05) is 37.6 Å². The molecular formula is C16H17F3N4OS. The van der Waals surface area contributed by atoms with Crippen LogP contribution >= 0.6 is 11.3 Å². The maximum Gasteiger partial charge on any atom is 0.257 e. The third-order valence-electron chi connectivity index (χ3n) is 4.20. The average Bonchev–Trinajstić information content (AvgIpc) is 2.90. The molecule has 2 heterocycles. The number of aromatic nitrogens is 1. The number of carbonyl (C=O) groups excluding carboxylic acids is 1. The van der Waals surface area contributed by atoms with Gasteiger partial charge in [0.15, 0.2) is 22.6 Å². The zero-order chi connectivity index (χ0) is 18.1. The lowest BCUT2D eigenvalue weighted by atomic mass is 10.1. The summed E-state index contributed by atoms with van der Waals surface area (Å²) in [6, 6.07) is 1.74. The number of aryl methyl sites for hydroxylation is 1. The van der Waals surface area contributed by atoms with Crippen LogP contribution in [0.1, 0.15) is 20.9 Å². The highest BCUT2D eigenvalue weighted by Gasteiger charge is 2.26. The second-order valence-corrected chi connectivity index (χ2v) is 6.97. The maximum atomic E-state index is 13.8. The number of nitrogens with zero attached hydrogens (tertiary/aromatic N) is 3. The number of amides is 1. The van der Waals surface area contributed by atoms with Crippen molar-refractivity contribution >= 4 is 22.4 Å². The standard InChI is InChI=1S/C16H17F3N4OS/c1-9-12(25-16(20)21-9)8-22-4-6-23(7-5-22)15(24)10-2-3-11(17)14(19)13(10)18/h2-3H,4-8H2,1H3,(H2,20,21). The van der Waals surface area contributed by atoms with E-state index in [1.807, 2.05) is 6.92 Å². The first-order valence-corrected chi connectivity index (χ1v) is 8.55. The maximum absolute atomic E-state index is 13.8. The van der Waals surface area contributed by atoms with Gasteiger partial charge in [0.1, 0.15) is 0 Å². The molecular weight excluding hydrogens is 353 g/mol. The Labute approximate surface area is 146 Å². The fourth-order valence-corrected chi connectivity index (χ4v) is 3.65. The Hall–Kier alpha value is -2.13. The molecule has 1 fully saturated rings. The molecule has 0 radical (unpaired) electrons. The molecule has 0 atom stereocenters. The molecule has 2 aromatic rings. The molecule has 0 bridgehead atoms. The molecule has 0 saturated carbocycles. The lowest BCUT2D eigenvalue weighted by Gasteiger charge is -2.34. The summed E-state index contributed by atoms with van der Waals surface area (Å²) in [7, 11) is 0. The number of nitrogens with two attached hydrogens (primary N) is 1. The fraction of sp³-hybridized carbons (Fsp3) is 0.375. The molecule has 3 rings (SSSR count). The number of rotatable bonds is 3. The predicted octanol–water partition coefficient (Wildman–Crippen LogP) is 2.41. The minimum atomic E-state index is -1.62. The Morgan fingerprint density at radius 3 is 2.48 bits per heavy atom. The Kier molecular flexibility index (Phi) is 4.96. The molecule has 25 heavy (non-hydrogen) atoms. The number of nitrogen functional groups attached to an aromatic ring is 1. The number of halogens is 3. The lowest BCUT2D eigenvalue weighted by Crippen LogP contribution is -2.48. The zero-order valence-electron chi connectivity index (χ0n) is 13.6. The quantitative estimate of drug-likeness (QED) is 0.843. The second-order valence-electron chi connectivity index (χ2n) is 5.85. The summed E-state index contributed by atoms with van der Waals surface area (Å²) in [5.41, 5.74) is 6.14. The molecule has 1 aliphatic heterocycles. The van der Waals surface area contributed by atoms with E-state index in [0.717, 1.165) is 22.7 Å². The summed E-state index contributed by atoms with van der Waals surface area (Å²) in [4.78, 5) is 21.2. The second kappa shape index (κ2) is 7.01. The number of anilines is 1. The number of piperazine rings is 1. The largest absolute Gasteiger partial charge is 0.375 e. The highest BCUT2D eigenvalue weighted by Crippen LogP contribution is 2.23. The molecule has 1 saturated heterocycles. The Balaban J connectivity index is 1.63. The number of carbonyl (C=O) groups is 1. The third-order valence-corrected chi connectivity index (χ3v) is 5.17. The van der Waals surface area contributed by atoms with Crippen molar-refractivity contribution in [2.75, 3.05) is 31.9 Å². The van der Waals surface area contributed by atoms with Gasteiger partial charge in [0.25, 0.3) is 5.91 Å². The molecule has 1 aliphatic rings. The summed E-state index contributed by atoms with van der Waals surface area (Å²) in [5.74, 6) is -5.00. The minimum Gasteiger partial charge on any atom is -0.375 e. The van der Waals surface area contributed by atoms with Crippen molar-refractivity contribution in [2.45, 2.75) is 13.5 Å².